The Bertz CT molecular complexity index is 814. The van der Waals surface area contributed by atoms with E-state index >= 15 is 0 Å². The molecule has 0 spiro atoms. The maximum absolute atomic E-state index is 12.3. The summed E-state index contributed by atoms with van der Waals surface area (Å²) in [6, 6.07) is 8.93. The van der Waals surface area contributed by atoms with Crippen LogP contribution in [0.1, 0.15) is 22.0 Å². The molecule has 0 aliphatic rings. The zero-order chi connectivity index (χ0) is 20.0. The monoisotopic (exact) mass is 382 g/mol. The molecule has 2 N–H and O–H groups in total. The van der Waals surface area contributed by atoms with E-state index < -0.39 is 23.5 Å². The average molecular weight is 382 g/mol. The van der Waals surface area contributed by atoms with Crippen LogP contribution in [-0.4, -0.2) is 36.2 Å². The van der Waals surface area contributed by atoms with Gasteiger partial charge in [-0.2, -0.15) is 8.78 Å². The SMILES string of the molecule is COc1cc(C(=O)NC[C@H](O)c2ccc([N+](=O)[O-])cc2)ccc1OC(F)F. The number of nitro groups is 1. The molecule has 0 aromatic heterocycles. The highest BCUT2D eigenvalue weighted by Crippen LogP contribution is 2.29. The van der Waals surface area contributed by atoms with Crippen molar-refractivity contribution in [2.75, 3.05) is 13.7 Å². The van der Waals surface area contributed by atoms with Crippen LogP contribution in [0.4, 0.5) is 14.5 Å². The van der Waals surface area contributed by atoms with E-state index in [1.54, 1.807) is 0 Å². The van der Waals surface area contributed by atoms with Gasteiger partial charge in [-0.3, -0.25) is 14.9 Å². The first-order valence-electron chi connectivity index (χ1n) is 7.65. The van der Waals surface area contributed by atoms with Crippen molar-refractivity contribution in [2.45, 2.75) is 12.7 Å². The highest BCUT2D eigenvalue weighted by Gasteiger charge is 2.16. The quantitative estimate of drug-likeness (QED) is 0.536. The number of nitrogens with zero attached hydrogens (tertiary/aromatic N) is 1. The van der Waals surface area contributed by atoms with E-state index in [2.05, 4.69) is 10.1 Å². The van der Waals surface area contributed by atoms with E-state index in [9.17, 15) is 28.8 Å². The lowest BCUT2D eigenvalue weighted by Crippen LogP contribution is -2.28. The predicted molar refractivity (Wildman–Crippen MR) is 90.0 cm³/mol. The van der Waals surface area contributed by atoms with Crippen molar-refractivity contribution in [3.05, 3.63) is 63.7 Å². The smallest absolute Gasteiger partial charge is 0.387 e. The van der Waals surface area contributed by atoms with Crippen LogP contribution in [0, 0.1) is 10.1 Å². The Balaban J connectivity index is 2.01. The van der Waals surface area contributed by atoms with Gasteiger partial charge >= 0.3 is 6.61 Å². The largest absolute Gasteiger partial charge is 0.493 e. The summed E-state index contributed by atoms with van der Waals surface area (Å²) < 4.78 is 33.8. The number of rotatable bonds is 8. The summed E-state index contributed by atoms with van der Waals surface area (Å²) in [5.41, 5.74) is 0.386. The summed E-state index contributed by atoms with van der Waals surface area (Å²) >= 11 is 0. The highest BCUT2D eigenvalue weighted by atomic mass is 19.3. The third-order valence-corrected chi connectivity index (χ3v) is 3.59. The molecule has 1 atom stereocenters. The Kier molecular flexibility index (Phi) is 6.61. The fourth-order valence-corrected chi connectivity index (χ4v) is 2.23. The minimum atomic E-state index is -3.03. The van der Waals surface area contributed by atoms with Crippen LogP contribution in [0.3, 0.4) is 0 Å². The minimum Gasteiger partial charge on any atom is -0.493 e. The van der Waals surface area contributed by atoms with Gasteiger partial charge in [-0.1, -0.05) is 0 Å². The maximum Gasteiger partial charge on any atom is 0.387 e. The molecule has 0 fully saturated rings. The molecule has 0 saturated heterocycles. The molecule has 0 saturated carbocycles. The lowest BCUT2D eigenvalue weighted by atomic mass is 10.1. The van der Waals surface area contributed by atoms with Gasteiger partial charge in [0.25, 0.3) is 11.6 Å². The number of non-ortho nitro benzene ring substituents is 1. The summed E-state index contributed by atoms with van der Waals surface area (Å²) in [4.78, 5) is 22.2. The first-order chi connectivity index (χ1) is 12.8. The summed E-state index contributed by atoms with van der Waals surface area (Å²) in [6.07, 6.45) is -1.09. The number of ether oxygens (including phenoxy) is 2. The number of alkyl halides is 2. The Labute approximate surface area is 152 Å². The van der Waals surface area contributed by atoms with E-state index in [4.69, 9.17) is 4.74 Å². The number of halogens is 2. The molecule has 0 bridgehead atoms. The molecule has 27 heavy (non-hydrogen) atoms. The number of carbonyl (C=O) groups is 1. The summed E-state index contributed by atoms with van der Waals surface area (Å²) in [7, 11) is 1.24. The second kappa shape index (κ2) is 8.90. The van der Waals surface area contributed by atoms with Crippen molar-refractivity contribution in [3.8, 4) is 11.5 Å². The van der Waals surface area contributed by atoms with Crippen molar-refractivity contribution in [3.63, 3.8) is 0 Å². The van der Waals surface area contributed by atoms with Gasteiger partial charge in [0.2, 0.25) is 0 Å². The lowest BCUT2D eigenvalue weighted by Gasteiger charge is -2.14. The average Bonchev–Trinajstić information content (AvgIpc) is 2.65. The Morgan fingerprint density at radius 1 is 1.22 bits per heavy atom. The topological polar surface area (TPSA) is 111 Å². The molecule has 0 aliphatic heterocycles. The standard InChI is InChI=1S/C17H16F2N2O6/c1-26-15-8-11(4-7-14(15)27-17(18)19)16(23)20-9-13(22)10-2-5-12(6-3-10)21(24)25/h2-8,13,17,22H,9H2,1H3,(H,20,23)/t13-/m0/s1. The van der Waals surface area contributed by atoms with Gasteiger partial charge in [-0.15, -0.1) is 0 Å². The van der Waals surface area contributed by atoms with Crippen LogP contribution in [0.2, 0.25) is 0 Å². The summed E-state index contributed by atoms with van der Waals surface area (Å²) in [5.74, 6) is -0.827. The molecule has 8 nitrogen and oxygen atoms in total. The van der Waals surface area contributed by atoms with Crippen LogP contribution in [0.15, 0.2) is 42.5 Å². The first kappa shape index (κ1) is 20.0. The van der Waals surface area contributed by atoms with Gasteiger partial charge in [-0.25, -0.2) is 0 Å². The molecule has 0 heterocycles. The molecule has 0 radical (unpaired) electrons. The van der Waals surface area contributed by atoms with Crippen LogP contribution < -0.4 is 14.8 Å². The molecular weight excluding hydrogens is 366 g/mol. The predicted octanol–water partition coefficient (Wildman–Crippen LogP) is 2.67. The number of hydrogen-bond acceptors (Lipinski definition) is 6. The van der Waals surface area contributed by atoms with Gasteiger partial charge in [-0.05, 0) is 35.9 Å². The van der Waals surface area contributed by atoms with Crippen molar-refractivity contribution in [1.29, 1.82) is 0 Å². The summed E-state index contributed by atoms with van der Waals surface area (Å²) in [5, 5.41) is 23.2. The molecule has 2 rings (SSSR count). The molecule has 1 amide bonds. The number of amides is 1. The van der Waals surface area contributed by atoms with Crippen molar-refractivity contribution < 1.29 is 33.1 Å². The van der Waals surface area contributed by atoms with Gasteiger partial charge in [0.05, 0.1) is 18.1 Å². The molecule has 0 unspecified atom stereocenters. The van der Waals surface area contributed by atoms with Crippen LogP contribution in [0.5, 0.6) is 11.5 Å². The zero-order valence-electron chi connectivity index (χ0n) is 14.1. The van der Waals surface area contributed by atoms with Gasteiger partial charge in [0, 0.05) is 24.2 Å². The first-order valence-corrected chi connectivity index (χ1v) is 7.65. The van der Waals surface area contributed by atoms with E-state index in [1.807, 2.05) is 0 Å². The molecular formula is C17H16F2N2O6. The molecule has 2 aromatic rings. The minimum absolute atomic E-state index is 0.0427. The molecule has 2 aromatic carbocycles. The Hall–Kier alpha value is -3.27. The molecule has 10 heteroatoms. The van der Waals surface area contributed by atoms with E-state index in [0.717, 1.165) is 0 Å². The van der Waals surface area contributed by atoms with Crippen LogP contribution >= 0.6 is 0 Å². The fourth-order valence-electron chi connectivity index (χ4n) is 2.23. The lowest BCUT2D eigenvalue weighted by molar-refractivity contribution is -0.384. The van der Waals surface area contributed by atoms with Gasteiger partial charge in [0.15, 0.2) is 11.5 Å². The number of aliphatic hydroxyl groups is 1. The number of nitro benzene ring substituents is 1. The summed E-state index contributed by atoms with van der Waals surface area (Å²) in [6.45, 7) is -3.19. The van der Waals surface area contributed by atoms with E-state index in [1.165, 1.54) is 49.6 Å². The second-order valence-electron chi connectivity index (χ2n) is 5.32. The second-order valence-corrected chi connectivity index (χ2v) is 5.32. The Morgan fingerprint density at radius 2 is 1.89 bits per heavy atom. The fraction of sp³-hybridized carbons (Fsp3) is 0.235. The maximum atomic E-state index is 12.3. The number of carbonyl (C=O) groups excluding carboxylic acids is 1. The number of methoxy groups -OCH3 is 1. The Morgan fingerprint density at radius 3 is 2.44 bits per heavy atom. The van der Waals surface area contributed by atoms with E-state index in [0.29, 0.717) is 5.56 Å². The normalized spacial score (nSPS) is 11.7. The van der Waals surface area contributed by atoms with Crippen LogP contribution in [0.25, 0.3) is 0 Å². The zero-order valence-corrected chi connectivity index (χ0v) is 14.1. The van der Waals surface area contributed by atoms with Crippen molar-refractivity contribution in [1.82, 2.24) is 5.32 Å². The number of hydrogen-bond donors (Lipinski definition) is 2. The molecule has 0 aliphatic carbocycles. The molecule has 144 valence electrons. The van der Waals surface area contributed by atoms with Gasteiger partial charge < -0.3 is 19.9 Å². The number of benzene rings is 2. The van der Waals surface area contributed by atoms with Crippen LogP contribution in [-0.2, 0) is 0 Å². The van der Waals surface area contributed by atoms with E-state index in [-0.39, 0.29) is 29.3 Å². The highest BCUT2D eigenvalue weighted by molar-refractivity contribution is 5.94. The van der Waals surface area contributed by atoms with Crippen molar-refractivity contribution in [2.24, 2.45) is 0 Å². The van der Waals surface area contributed by atoms with Crippen molar-refractivity contribution >= 4 is 11.6 Å². The number of nitrogens with one attached hydrogen (secondary N) is 1. The number of aliphatic hydroxyl groups excluding tert-OH is 1. The van der Waals surface area contributed by atoms with Gasteiger partial charge in [0.1, 0.15) is 0 Å². The third kappa shape index (κ3) is 5.35. The third-order valence-electron chi connectivity index (χ3n) is 3.59.